The van der Waals surface area contributed by atoms with Crippen LogP contribution >= 0.6 is 15.9 Å². The van der Waals surface area contributed by atoms with Crippen LogP contribution in [0, 0.1) is 6.92 Å². The number of nitrogens with one attached hydrogen (secondary N) is 2. The maximum absolute atomic E-state index is 11.9. The van der Waals surface area contributed by atoms with Crippen LogP contribution in [-0.2, 0) is 0 Å². The van der Waals surface area contributed by atoms with Crippen LogP contribution in [0.25, 0.3) is 0 Å². The van der Waals surface area contributed by atoms with E-state index in [4.69, 9.17) is 0 Å². The molecule has 1 heterocycles. The van der Waals surface area contributed by atoms with Gasteiger partial charge in [-0.15, -0.1) is 10.2 Å². The van der Waals surface area contributed by atoms with Crippen LogP contribution in [-0.4, -0.2) is 22.1 Å². The number of hydrogen-bond acceptors (Lipinski definition) is 4. The van der Waals surface area contributed by atoms with Crippen LogP contribution in [0.3, 0.4) is 0 Å². The second-order valence-electron chi connectivity index (χ2n) is 5.19. The maximum atomic E-state index is 11.9. The average molecular weight is 363 g/mol. The van der Waals surface area contributed by atoms with Gasteiger partial charge in [0.1, 0.15) is 0 Å². The number of carbonyl (C=O) groups excluding carboxylic acids is 1. The van der Waals surface area contributed by atoms with E-state index in [1.165, 1.54) is 5.56 Å². The number of halogens is 1. The summed E-state index contributed by atoms with van der Waals surface area (Å²) in [6.07, 6.45) is 0.875. The largest absolute Gasteiger partial charge is 0.348 e. The summed E-state index contributed by atoms with van der Waals surface area (Å²) in [6.45, 7) is 6.00. The summed E-state index contributed by atoms with van der Waals surface area (Å²) in [4.78, 5) is 11.9. The number of aryl methyl sites for hydroxylation is 1. The molecule has 6 heteroatoms. The Morgan fingerprint density at radius 3 is 2.64 bits per heavy atom. The first-order valence-corrected chi connectivity index (χ1v) is 7.96. The van der Waals surface area contributed by atoms with Crippen molar-refractivity contribution in [1.29, 1.82) is 0 Å². The normalized spacial score (nSPS) is 11.8. The van der Waals surface area contributed by atoms with Gasteiger partial charge in [0, 0.05) is 10.5 Å². The topological polar surface area (TPSA) is 66.9 Å². The zero-order chi connectivity index (χ0) is 16.1. The number of amides is 1. The van der Waals surface area contributed by atoms with Gasteiger partial charge in [0.2, 0.25) is 0 Å². The monoisotopic (exact) mass is 362 g/mol. The fourth-order valence-electron chi connectivity index (χ4n) is 1.78. The molecule has 2 N–H and O–H groups in total. The van der Waals surface area contributed by atoms with Gasteiger partial charge in [0.05, 0.1) is 5.69 Å². The maximum Gasteiger partial charge on any atom is 0.272 e. The summed E-state index contributed by atoms with van der Waals surface area (Å²) >= 11 is 3.50. The highest BCUT2D eigenvalue weighted by Crippen LogP contribution is 2.25. The number of aromatic nitrogens is 2. The molecule has 0 saturated heterocycles. The highest BCUT2D eigenvalue weighted by Gasteiger charge is 2.11. The van der Waals surface area contributed by atoms with Crippen molar-refractivity contribution in [3.8, 4) is 0 Å². The third kappa shape index (κ3) is 4.27. The van der Waals surface area contributed by atoms with Crippen molar-refractivity contribution in [2.75, 3.05) is 5.32 Å². The molecule has 0 aliphatic carbocycles. The minimum Gasteiger partial charge on any atom is -0.348 e. The van der Waals surface area contributed by atoms with Gasteiger partial charge in [-0.25, -0.2) is 0 Å². The Bertz CT molecular complexity index is 658. The first-order valence-electron chi connectivity index (χ1n) is 7.17. The lowest BCUT2D eigenvalue weighted by Crippen LogP contribution is -2.32. The molecule has 2 aromatic rings. The summed E-state index contributed by atoms with van der Waals surface area (Å²) in [6, 6.07) is 9.51. The Kier molecular flexibility index (Phi) is 5.49. The van der Waals surface area contributed by atoms with Crippen molar-refractivity contribution in [3.63, 3.8) is 0 Å². The number of carbonyl (C=O) groups is 1. The van der Waals surface area contributed by atoms with Gasteiger partial charge in [-0.3, -0.25) is 4.79 Å². The van der Waals surface area contributed by atoms with E-state index in [9.17, 15) is 4.79 Å². The van der Waals surface area contributed by atoms with E-state index in [0.717, 1.165) is 16.6 Å². The van der Waals surface area contributed by atoms with Gasteiger partial charge < -0.3 is 10.6 Å². The minimum absolute atomic E-state index is 0.121. The highest BCUT2D eigenvalue weighted by molar-refractivity contribution is 9.10. The molecule has 5 nitrogen and oxygen atoms in total. The molecule has 0 aliphatic rings. The van der Waals surface area contributed by atoms with Crippen LogP contribution in [0.2, 0.25) is 0 Å². The van der Waals surface area contributed by atoms with E-state index in [-0.39, 0.29) is 11.9 Å². The third-order valence-electron chi connectivity index (χ3n) is 3.27. The molecule has 0 bridgehead atoms. The summed E-state index contributed by atoms with van der Waals surface area (Å²) < 4.78 is 0.952. The fraction of sp³-hybridized carbons (Fsp3) is 0.312. The van der Waals surface area contributed by atoms with E-state index in [1.54, 1.807) is 12.1 Å². The molecule has 1 aromatic carbocycles. The molecule has 1 aromatic heterocycles. The van der Waals surface area contributed by atoms with E-state index in [1.807, 2.05) is 39.0 Å². The lowest BCUT2D eigenvalue weighted by molar-refractivity contribution is 0.0933. The molecule has 0 spiro atoms. The van der Waals surface area contributed by atoms with Gasteiger partial charge in [-0.05, 0) is 66.0 Å². The van der Waals surface area contributed by atoms with Gasteiger partial charge in [-0.2, -0.15) is 0 Å². The van der Waals surface area contributed by atoms with Crippen molar-refractivity contribution in [3.05, 3.63) is 46.1 Å². The Labute approximate surface area is 138 Å². The number of nitrogens with zero attached hydrogens (tertiary/aromatic N) is 2. The summed E-state index contributed by atoms with van der Waals surface area (Å²) in [5.74, 6) is 0.384. The molecule has 0 radical (unpaired) electrons. The lowest BCUT2D eigenvalue weighted by Gasteiger charge is -2.11. The zero-order valence-corrected chi connectivity index (χ0v) is 14.4. The Morgan fingerprint density at radius 2 is 2.05 bits per heavy atom. The molecule has 0 saturated carbocycles. The predicted octanol–water partition coefficient (Wildman–Crippen LogP) is 3.82. The Balaban J connectivity index is 2.07. The Morgan fingerprint density at radius 1 is 1.27 bits per heavy atom. The number of anilines is 2. The number of benzene rings is 1. The summed E-state index contributed by atoms with van der Waals surface area (Å²) in [5.41, 5.74) is 2.38. The average Bonchev–Trinajstić information content (AvgIpc) is 2.50. The smallest absolute Gasteiger partial charge is 0.272 e. The molecule has 22 heavy (non-hydrogen) atoms. The van der Waals surface area contributed by atoms with E-state index < -0.39 is 0 Å². The van der Waals surface area contributed by atoms with Gasteiger partial charge in [0.25, 0.3) is 5.91 Å². The van der Waals surface area contributed by atoms with Crippen molar-refractivity contribution in [1.82, 2.24) is 15.5 Å². The van der Waals surface area contributed by atoms with Crippen molar-refractivity contribution in [2.24, 2.45) is 0 Å². The summed E-state index contributed by atoms with van der Waals surface area (Å²) in [5, 5.41) is 14.0. The number of rotatable bonds is 5. The molecule has 2 rings (SSSR count). The fourth-order valence-corrected chi connectivity index (χ4v) is 2.37. The predicted molar refractivity (Wildman–Crippen MR) is 91.4 cm³/mol. The van der Waals surface area contributed by atoms with Crippen LogP contribution in [0.5, 0.6) is 0 Å². The minimum atomic E-state index is -0.204. The quantitative estimate of drug-likeness (QED) is 0.848. The van der Waals surface area contributed by atoms with Gasteiger partial charge in [-0.1, -0.05) is 13.0 Å². The molecule has 116 valence electrons. The molecule has 0 aliphatic heterocycles. The van der Waals surface area contributed by atoms with Crippen LogP contribution in [0.4, 0.5) is 11.5 Å². The standard InChI is InChI=1S/C16H19BrN4O/c1-4-11(3)18-16(22)14-7-8-15(21-20-14)19-13-6-5-10(2)9-12(13)17/h5-9,11H,4H2,1-3H3,(H,18,22)(H,19,21). The van der Waals surface area contributed by atoms with Gasteiger partial charge in [0.15, 0.2) is 11.5 Å². The lowest BCUT2D eigenvalue weighted by atomic mass is 10.2. The van der Waals surface area contributed by atoms with Crippen molar-refractivity contribution in [2.45, 2.75) is 33.2 Å². The molecular formula is C16H19BrN4O. The Hall–Kier alpha value is -1.95. The molecule has 1 unspecified atom stereocenters. The first kappa shape index (κ1) is 16.4. The number of hydrogen-bond donors (Lipinski definition) is 2. The second-order valence-corrected chi connectivity index (χ2v) is 6.05. The van der Waals surface area contributed by atoms with E-state index in [2.05, 4.69) is 36.8 Å². The highest BCUT2D eigenvalue weighted by atomic mass is 79.9. The van der Waals surface area contributed by atoms with E-state index in [0.29, 0.717) is 11.5 Å². The second kappa shape index (κ2) is 7.35. The molecule has 1 atom stereocenters. The van der Waals surface area contributed by atoms with Crippen molar-refractivity contribution >= 4 is 33.3 Å². The van der Waals surface area contributed by atoms with E-state index >= 15 is 0 Å². The molecular weight excluding hydrogens is 344 g/mol. The first-order chi connectivity index (χ1) is 10.5. The summed E-state index contributed by atoms with van der Waals surface area (Å²) in [7, 11) is 0. The van der Waals surface area contributed by atoms with Crippen LogP contribution < -0.4 is 10.6 Å². The van der Waals surface area contributed by atoms with Crippen LogP contribution in [0.15, 0.2) is 34.8 Å². The SMILES string of the molecule is CCC(C)NC(=O)c1ccc(Nc2ccc(C)cc2Br)nn1. The molecule has 1 amide bonds. The van der Waals surface area contributed by atoms with Crippen molar-refractivity contribution < 1.29 is 4.79 Å². The van der Waals surface area contributed by atoms with Crippen LogP contribution in [0.1, 0.15) is 36.3 Å². The zero-order valence-electron chi connectivity index (χ0n) is 12.9. The third-order valence-corrected chi connectivity index (χ3v) is 3.93. The van der Waals surface area contributed by atoms with Gasteiger partial charge >= 0.3 is 0 Å². The molecule has 0 fully saturated rings.